The molecule has 3 heteroatoms. The Morgan fingerprint density at radius 3 is 1.64 bits per heavy atom. The fourth-order valence-corrected chi connectivity index (χ4v) is 3.93. The van der Waals surface area contributed by atoms with Crippen LogP contribution in [0.1, 0.15) is 52.7 Å². The first-order chi connectivity index (χ1) is 13.1. The second kappa shape index (κ2) is 6.35. The van der Waals surface area contributed by atoms with Gasteiger partial charge in [0.05, 0.1) is 16.7 Å². The van der Waals surface area contributed by atoms with Crippen LogP contribution in [-0.2, 0) is 10.8 Å². The Morgan fingerprint density at radius 1 is 0.714 bits per heavy atom. The van der Waals surface area contributed by atoms with Crippen molar-refractivity contribution in [3.63, 3.8) is 0 Å². The molecule has 0 spiro atoms. The molecule has 0 atom stereocenters. The van der Waals surface area contributed by atoms with Crippen molar-refractivity contribution < 1.29 is 0 Å². The van der Waals surface area contributed by atoms with Crippen LogP contribution in [0.2, 0.25) is 5.15 Å². The molecular formula is C25H27ClN2. The Kier molecular flexibility index (Phi) is 4.31. The average Bonchev–Trinajstić information content (AvgIpc) is 2.93. The molecule has 2 aromatic carbocycles. The van der Waals surface area contributed by atoms with E-state index in [1.165, 1.54) is 32.9 Å². The number of fused-ring (bicyclic) bond motifs is 3. The van der Waals surface area contributed by atoms with Crippen LogP contribution in [0.15, 0.2) is 54.7 Å². The highest BCUT2D eigenvalue weighted by molar-refractivity contribution is 6.29. The average molecular weight is 391 g/mol. The number of benzene rings is 2. The van der Waals surface area contributed by atoms with E-state index in [4.69, 9.17) is 11.6 Å². The van der Waals surface area contributed by atoms with Gasteiger partial charge in [0.1, 0.15) is 5.15 Å². The molecule has 0 aliphatic heterocycles. The van der Waals surface area contributed by atoms with E-state index in [1.54, 1.807) is 6.20 Å². The van der Waals surface area contributed by atoms with Crippen LogP contribution in [0.3, 0.4) is 0 Å². The largest absolute Gasteiger partial charge is 0.309 e. The van der Waals surface area contributed by atoms with Crippen molar-refractivity contribution in [2.24, 2.45) is 0 Å². The van der Waals surface area contributed by atoms with Gasteiger partial charge in [-0.05, 0) is 58.4 Å². The van der Waals surface area contributed by atoms with E-state index >= 15 is 0 Å². The topological polar surface area (TPSA) is 17.8 Å². The highest BCUT2D eigenvalue weighted by Gasteiger charge is 2.20. The fraction of sp³-hybridized carbons (Fsp3) is 0.320. The summed E-state index contributed by atoms with van der Waals surface area (Å²) in [6.45, 7) is 13.6. The lowest BCUT2D eigenvalue weighted by atomic mass is 9.85. The Labute approximate surface area is 172 Å². The molecule has 2 heterocycles. The highest BCUT2D eigenvalue weighted by Crippen LogP contribution is 2.37. The third-order valence-electron chi connectivity index (χ3n) is 5.47. The van der Waals surface area contributed by atoms with Gasteiger partial charge in [-0.15, -0.1) is 0 Å². The highest BCUT2D eigenvalue weighted by atomic mass is 35.5. The van der Waals surface area contributed by atoms with E-state index < -0.39 is 0 Å². The molecule has 0 N–H and O–H groups in total. The molecule has 0 radical (unpaired) electrons. The predicted octanol–water partition coefficient (Wildman–Crippen LogP) is 7.43. The summed E-state index contributed by atoms with van der Waals surface area (Å²) in [5.41, 5.74) is 6.30. The zero-order chi connectivity index (χ0) is 20.3. The van der Waals surface area contributed by atoms with E-state index in [0.717, 1.165) is 5.69 Å². The van der Waals surface area contributed by atoms with Crippen molar-refractivity contribution in [1.29, 1.82) is 0 Å². The number of rotatable bonds is 1. The van der Waals surface area contributed by atoms with Crippen molar-refractivity contribution >= 4 is 33.4 Å². The Morgan fingerprint density at radius 2 is 1.21 bits per heavy atom. The second-order valence-electron chi connectivity index (χ2n) is 9.64. The Hall–Kier alpha value is -2.32. The monoisotopic (exact) mass is 390 g/mol. The maximum absolute atomic E-state index is 6.21. The SMILES string of the molecule is CC(C)(C)c1ccc2c(c1)c1cc(C(C)(C)C)ccc1n2-c1ccnc(Cl)c1. The molecule has 28 heavy (non-hydrogen) atoms. The van der Waals surface area contributed by atoms with Gasteiger partial charge >= 0.3 is 0 Å². The summed E-state index contributed by atoms with van der Waals surface area (Å²) in [5.74, 6) is 0. The van der Waals surface area contributed by atoms with Gasteiger partial charge in [-0.2, -0.15) is 0 Å². The molecule has 144 valence electrons. The summed E-state index contributed by atoms with van der Waals surface area (Å²) in [7, 11) is 0. The van der Waals surface area contributed by atoms with Crippen LogP contribution in [0, 0.1) is 0 Å². The second-order valence-corrected chi connectivity index (χ2v) is 10.0. The molecule has 2 aromatic heterocycles. The van der Waals surface area contributed by atoms with Gasteiger partial charge < -0.3 is 4.57 Å². The van der Waals surface area contributed by atoms with E-state index in [2.05, 4.69) is 87.5 Å². The molecule has 0 aliphatic rings. The summed E-state index contributed by atoms with van der Waals surface area (Å²) >= 11 is 6.21. The Balaban J connectivity index is 2.13. The van der Waals surface area contributed by atoms with Crippen molar-refractivity contribution in [2.45, 2.75) is 52.4 Å². The number of pyridine rings is 1. The van der Waals surface area contributed by atoms with Crippen LogP contribution in [-0.4, -0.2) is 9.55 Å². The number of aromatic nitrogens is 2. The van der Waals surface area contributed by atoms with Crippen LogP contribution < -0.4 is 0 Å². The zero-order valence-electron chi connectivity index (χ0n) is 17.5. The number of halogens is 1. The van der Waals surface area contributed by atoms with Crippen molar-refractivity contribution in [1.82, 2.24) is 9.55 Å². The van der Waals surface area contributed by atoms with Crippen molar-refractivity contribution in [3.8, 4) is 5.69 Å². The van der Waals surface area contributed by atoms with Crippen molar-refractivity contribution in [2.75, 3.05) is 0 Å². The summed E-state index contributed by atoms with van der Waals surface area (Å²) in [6, 6.07) is 17.6. The van der Waals surface area contributed by atoms with Crippen LogP contribution in [0.5, 0.6) is 0 Å². The molecule has 0 saturated carbocycles. The Bertz CT molecular complexity index is 1120. The van der Waals surface area contributed by atoms with Gasteiger partial charge in [-0.3, -0.25) is 0 Å². The maximum Gasteiger partial charge on any atom is 0.131 e. The third kappa shape index (κ3) is 3.20. The number of nitrogens with zero attached hydrogens (tertiary/aromatic N) is 2. The van der Waals surface area contributed by atoms with Gasteiger partial charge in [0.25, 0.3) is 0 Å². The first-order valence-electron chi connectivity index (χ1n) is 9.77. The summed E-state index contributed by atoms with van der Waals surface area (Å²) in [5, 5.41) is 3.06. The van der Waals surface area contributed by atoms with Gasteiger partial charge in [0.2, 0.25) is 0 Å². The lowest BCUT2D eigenvalue weighted by Crippen LogP contribution is -2.10. The fourth-order valence-electron chi connectivity index (χ4n) is 3.77. The third-order valence-corrected chi connectivity index (χ3v) is 5.67. The molecule has 0 fully saturated rings. The molecule has 2 nitrogen and oxygen atoms in total. The zero-order valence-corrected chi connectivity index (χ0v) is 18.2. The van der Waals surface area contributed by atoms with Crippen LogP contribution in [0.25, 0.3) is 27.5 Å². The van der Waals surface area contributed by atoms with Gasteiger partial charge in [-0.25, -0.2) is 4.98 Å². The van der Waals surface area contributed by atoms with Gasteiger partial charge in [0.15, 0.2) is 0 Å². The van der Waals surface area contributed by atoms with E-state index in [9.17, 15) is 0 Å². The lowest BCUT2D eigenvalue weighted by molar-refractivity contribution is 0.590. The standard InChI is InChI=1S/C25H27ClN2/c1-24(2,3)16-7-9-21-19(13-16)20-14-17(25(4,5)6)8-10-22(20)28(21)18-11-12-27-23(26)15-18/h7-15H,1-6H3. The minimum absolute atomic E-state index is 0.101. The summed E-state index contributed by atoms with van der Waals surface area (Å²) in [4.78, 5) is 4.15. The molecule has 4 aromatic rings. The van der Waals surface area contributed by atoms with Gasteiger partial charge in [0, 0.05) is 17.0 Å². The van der Waals surface area contributed by atoms with Crippen molar-refractivity contribution in [3.05, 3.63) is 71.0 Å². The first kappa shape index (κ1) is 19.0. The van der Waals surface area contributed by atoms with Gasteiger partial charge in [-0.1, -0.05) is 65.3 Å². The van der Waals surface area contributed by atoms with E-state index in [-0.39, 0.29) is 10.8 Å². The number of hydrogen-bond donors (Lipinski definition) is 0. The minimum atomic E-state index is 0.101. The van der Waals surface area contributed by atoms with E-state index in [0.29, 0.717) is 5.15 Å². The molecule has 0 unspecified atom stereocenters. The summed E-state index contributed by atoms with van der Waals surface area (Å²) in [6.07, 6.45) is 1.77. The molecule has 0 saturated heterocycles. The summed E-state index contributed by atoms with van der Waals surface area (Å²) < 4.78 is 2.29. The smallest absolute Gasteiger partial charge is 0.131 e. The predicted molar refractivity (Wildman–Crippen MR) is 121 cm³/mol. The molecule has 0 bridgehead atoms. The van der Waals surface area contributed by atoms with Crippen LogP contribution >= 0.6 is 11.6 Å². The minimum Gasteiger partial charge on any atom is -0.309 e. The van der Waals surface area contributed by atoms with Crippen LogP contribution in [0.4, 0.5) is 0 Å². The molecular weight excluding hydrogens is 364 g/mol. The number of hydrogen-bond acceptors (Lipinski definition) is 1. The first-order valence-corrected chi connectivity index (χ1v) is 10.1. The molecule has 0 amide bonds. The molecule has 0 aliphatic carbocycles. The lowest BCUT2D eigenvalue weighted by Gasteiger charge is -2.19. The normalized spacial score (nSPS) is 12.8. The van der Waals surface area contributed by atoms with E-state index in [1.807, 2.05) is 12.1 Å². The maximum atomic E-state index is 6.21. The molecule has 4 rings (SSSR count). The quantitative estimate of drug-likeness (QED) is 0.309.